The molecule has 0 saturated heterocycles. The Morgan fingerprint density at radius 3 is 2.00 bits per heavy atom. The van der Waals surface area contributed by atoms with Gasteiger partial charge in [-0.1, -0.05) is 40.7 Å². The van der Waals surface area contributed by atoms with Crippen LogP contribution >= 0.6 is 0 Å². The van der Waals surface area contributed by atoms with Gasteiger partial charge in [0.1, 0.15) is 6.17 Å². The molecule has 2 N–H and O–H groups in total. The molecule has 0 bridgehead atoms. The first-order valence-electron chi connectivity index (χ1n) is 5.18. The standard InChI is InChI=1S/C7H12N2.2C2H6/c1-5-3-4-6(2)9-7(5)8;2*1-2/h3-5,7H,8H2,1-2H3;2*1-2H3. The third-order valence-corrected chi connectivity index (χ3v) is 1.53. The maximum absolute atomic E-state index is 5.63. The molecular formula is C11H24N2. The lowest BCUT2D eigenvalue weighted by Crippen LogP contribution is -2.27. The zero-order valence-electron chi connectivity index (χ0n) is 9.83. The summed E-state index contributed by atoms with van der Waals surface area (Å²) in [7, 11) is 0. The van der Waals surface area contributed by atoms with Crippen LogP contribution in [-0.2, 0) is 0 Å². The van der Waals surface area contributed by atoms with Gasteiger partial charge >= 0.3 is 0 Å². The highest BCUT2D eigenvalue weighted by Crippen LogP contribution is 2.08. The van der Waals surface area contributed by atoms with Crippen LogP contribution in [0.3, 0.4) is 0 Å². The summed E-state index contributed by atoms with van der Waals surface area (Å²) in [6.07, 6.45) is 4.08. The van der Waals surface area contributed by atoms with Crippen LogP contribution < -0.4 is 5.73 Å². The van der Waals surface area contributed by atoms with Gasteiger partial charge in [0.15, 0.2) is 0 Å². The highest BCUT2D eigenvalue weighted by Gasteiger charge is 2.10. The second kappa shape index (κ2) is 9.46. The van der Waals surface area contributed by atoms with Crippen molar-refractivity contribution in [3.8, 4) is 0 Å². The molecule has 0 fully saturated rings. The van der Waals surface area contributed by atoms with E-state index in [1.807, 2.05) is 40.7 Å². The molecule has 13 heavy (non-hydrogen) atoms. The second-order valence-electron chi connectivity index (χ2n) is 2.48. The number of allylic oxidation sites excluding steroid dienone is 1. The van der Waals surface area contributed by atoms with Gasteiger partial charge in [-0.15, -0.1) is 0 Å². The SMILES string of the molecule is CC.CC.CC1=NC(N)C(C)C=C1. The van der Waals surface area contributed by atoms with Gasteiger partial charge < -0.3 is 5.73 Å². The third-order valence-electron chi connectivity index (χ3n) is 1.53. The summed E-state index contributed by atoms with van der Waals surface area (Å²) < 4.78 is 0. The number of rotatable bonds is 0. The Hall–Kier alpha value is -0.630. The molecule has 78 valence electrons. The molecule has 2 unspecified atom stereocenters. The minimum atomic E-state index is -0.0185. The molecule has 0 amide bonds. The second-order valence-corrected chi connectivity index (χ2v) is 2.48. The average molecular weight is 184 g/mol. The Morgan fingerprint density at radius 1 is 1.23 bits per heavy atom. The highest BCUT2D eigenvalue weighted by atomic mass is 15.0. The number of hydrogen-bond donors (Lipinski definition) is 1. The molecule has 2 nitrogen and oxygen atoms in total. The molecule has 0 aromatic rings. The van der Waals surface area contributed by atoms with Gasteiger partial charge in [0, 0.05) is 11.6 Å². The summed E-state index contributed by atoms with van der Waals surface area (Å²) in [6.45, 7) is 12.0. The summed E-state index contributed by atoms with van der Waals surface area (Å²) in [6, 6.07) is 0. The maximum Gasteiger partial charge on any atom is 0.103 e. The Bertz CT molecular complexity index is 159. The fourth-order valence-electron chi connectivity index (χ4n) is 0.801. The number of nitrogens with zero attached hydrogens (tertiary/aromatic N) is 1. The Morgan fingerprint density at radius 2 is 1.69 bits per heavy atom. The number of nitrogens with two attached hydrogens (primary N) is 1. The highest BCUT2D eigenvalue weighted by molar-refractivity contribution is 5.93. The largest absolute Gasteiger partial charge is 0.309 e. The van der Waals surface area contributed by atoms with Crippen LogP contribution in [0.4, 0.5) is 0 Å². The smallest absolute Gasteiger partial charge is 0.103 e. The molecule has 1 aliphatic heterocycles. The summed E-state index contributed by atoms with van der Waals surface area (Å²) >= 11 is 0. The Labute approximate surface area is 82.9 Å². The van der Waals surface area contributed by atoms with E-state index in [4.69, 9.17) is 5.73 Å². The molecule has 1 aliphatic rings. The first-order chi connectivity index (χ1) is 6.20. The number of dihydropyridines is 1. The van der Waals surface area contributed by atoms with Gasteiger partial charge in [-0.25, -0.2) is 0 Å². The van der Waals surface area contributed by atoms with Crippen LogP contribution in [0.5, 0.6) is 0 Å². The Balaban J connectivity index is 0. The molecular weight excluding hydrogens is 160 g/mol. The molecule has 0 saturated carbocycles. The van der Waals surface area contributed by atoms with Crippen molar-refractivity contribution in [1.29, 1.82) is 0 Å². The van der Waals surface area contributed by atoms with Crippen molar-refractivity contribution in [1.82, 2.24) is 0 Å². The first-order valence-corrected chi connectivity index (χ1v) is 5.18. The predicted molar refractivity (Wildman–Crippen MR) is 62.1 cm³/mol. The lowest BCUT2D eigenvalue weighted by molar-refractivity contribution is 0.555. The molecule has 0 radical (unpaired) electrons. The zero-order chi connectivity index (χ0) is 10.9. The van der Waals surface area contributed by atoms with Crippen molar-refractivity contribution in [3.63, 3.8) is 0 Å². The van der Waals surface area contributed by atoms with Crippen molar-refractivity contribution in [2.24, 2.45) is 16.6 Å². The molecule has 2 heteroatoms. The van der Waals surface area contributed by atoms with Gasteiger partial charge in [-0.3, -0.25) is 4.99 Å². The molecule has 1 rings (SSSR count). The summed E-state index contributed by atoms with van der Waals surface area (Å²) in [4.78, 5) is 4.17. The van der Waals surface area contributed by atoms with Crippen LogP contribution in [0, 0.1) is 5.92 Å². The average Bonchev–Trinajstić information content (AvgIpc) is 2.18. The van der Waals surface area contributed by atoms with Crippen LogP contribution in [0.25, 0.3) is 0 Å². The van der Waals surface area contributed by atoms with E-state index in [1.54, 1.807) is 0 Å². The first kappa shape index (κ1) is 14.9. The molecule has 0 aromatic heterocycles. The lowest BCUT2D eigenvalue weighted by Gasteiger charge is -2.16. The van der Waals surface area contributed by atoms with Crippen molar-refractivity contribution in [2.45, 2.75) is 47.7 Å². The summed E-state index contributed by atoms with van der Waals surface area (Å²) in [5.41, 5.74) is 6.66. The van der Waals surface area contributed by atoms with Crippen LogP contribution in [-0.4, -0.2) is 11.9 Å². The third kappa shape index (κ3) is 6.52. The fraction of sp³-hybridized carbons (Fsp3) is 0.727. The minimum Gasteiger partial charge on any atom is -0.309 e. The van der Waals surface area contributed by atoms with Crippen LogP contribution in [0.2, 0.25) is 0 Å². The van der Waals surface area contributed by atoms with Gasteiger partial charge in [0.2, 0.25) is 0 Å². The van der Waals surface area contributed by atoms with E-state index in [0.29, 0.717) is 5.92 Å². The quantitative estimate of drug-likeness (QED) is 0.617. The van der Waals surface area contributed by atoms with E-state index in [9.17, 15) is 0 Å². The molecule has 0 spiro atoms. The van der Waals surface area contributed by atoms with Gasteiger partial charge in [-0.05, 0) is 13.0 Å². The van der Waals surface area contributed by atoms with Crippen molar-refractivity contribution >= 4 is 5.71 Å². The van der Waals surface area contributed by atoms with Crippen molar-refractivity contribution < 1.29 is 0 Å². The topological polar surface area (TPSA) is 38.4 Å². The van der Waals surface area contributed by atoms with Crippen molar-refractivity contribution in [2.75, 3.05) is 0 Å². The summed E-state index contributed by atoms with van der Waals surface area (Å²) in [5.74, 6) is 0.397. The van der Waals surface area contributed by atoms with E-state index in [-0.39, 0.29) is 6.17 Å². The van der Waals surface area contributed by atoms with Gasteiger partial charge in [0.05, 0.1) is 0 Å². The van der Waals surface area contributed by atoms with E-state index in [0.717, 1.165) is 5.71 Å². The lowest BCUT2D eigenvalue weighted by atomic mass is 10.1. The normalized spacial score (nSPS) is 24.7. The van der Waals surface area contributed by atoms with Crippen LogP contribution in [0.15, 0.2) is 17.1 Å². The van der Waals surface area contributed by atoms with Gasteiger partial charge in [-0.2, -0.15) is 0 Å². The minimum absolute atomic E-state index is 0.0185. The molecule has 2 atom stereocenters. The van der Waals surface area contributed by atoms with E-state index in [2.05, 4.69) is 18.0 Å². The van der Waals surface area contributed by atoms with E-state index < -0.39 is 0 Å². The van der Waals surface area contributed by atoms with Crippen molar-refractivity contribution in [3.05, 3.63) is 12.2 Å². The molecule has 1 heterocycles. The maximum atomic E-state index is 5.63. The van der Waals surface area contributed by atoms with Gasteiger partial charge in [0.25, 0.3) is 0 Å². The van der Waals surface area contributed by atoms with E-state index in [1.165, 1.54) is 0 Å². The zero-order valence-corrected chi connectivity index (χ0v) is 9.83. The predicted octanol–water partition coefficient (Wildman–Crippen LogP) is 2.99. The number of aliphatic imine (C=N–C) groups is 1. The monoisotopic (exact) mass is 184 g/mol. The van der Waals surface area contributed by atoms with E-state index >= 15 is 0 Å². The fourth-order valence-corrected chi connectivity index (χ4v) is 0.801. The Kier molecular flexibility index (Phi) is 10.8. The number of hydrogen-bond acceptors (Lipinski definition) is 2. The molecule has 0 aliphatic carbocycles. The molecule has 0 aromatic carbocycles. The summed E-state index contributed by atoms with van der Waals surface area (Å²) in [5, 5.41) is 0. The van der Waals surface area contributed by atoms with Crippen LogP contribution in [0.1, 0.15) is 41.5 Å².